The Kier molecular flexibility index (Phi) is 4.68. The van der Waals surface area contributed by atoms with Gasteiger partial charge in [0.25, 0.3) is 5.91 Å². The van der Waals surface area contributed by atoms with Crippen LogP contribution >= 0.6 is 11.3 Å². The van der Waals surface area contributed by atoms with E-state index >= 15 is 0 Å². The van der Waals surface area contributed by atoms with Crippen LogP contribution in [0, 0.1) is 6.92 Å². The van der Waals surface area contributed by atoms with Gasteiger partial charge in [-0.2, -0.15) is 4.98 Å². The number of ether oxygens (including phenoxy) is 2. The fourth-order valence-electron chi connectivity index (χ4n) is 2.33. The number of amides is 1. The van der Waals surface area contributed by atoms with Crippen LogP contribution in [0.5, 0.6) is 5.88 Å². The molecule has 1 amide bonds. The van der Waals surface area contributed by atoms with Crippen LogP contribution < -0.4 is 10.1 Å². The minimum atomic E-state index is -0.209. The predicted molar refractivity (Wildman–Crippen MR) is 91.6 cm³/mol. The fourth-order valence-corrected chi connectivity index (χ4v) is 3.41. The van der Waals surface area contributed by atoms with E-state index < -0.39 is 0 Å². The summed E-state index contributed by atoms with van der Waals surface area (Å²) in [5.41, 5.74) is 1.43. The molecule has 3 rings (SSSR count). The smallest absolute Gasteiger partial charge is 0.266 e. The molecule has 7 nitrogen and oxygen atoms in total. The molecule has 24 heavy (non-hydrogen) atoms. The number of anilines is 1. The first-order valence-electron chi connectivity index (χ1n) is 7.18. The number of carbonyl (C=O) groups is 1. The zero-order valence-electron chi connectivity index (χ0n) is 13.5. The number of rotatable bonds is 5. The Balaban J connectivity index is 2.02. The van der Waals surface area contributed by atoms with Crippen LogP contribution in [0.4, 0.5) is 5.69 Å². The van der Waals surface area contributed by atoms with Gasteiger partial charge in [0.2, 0.25) is 5.88 Å². The summed E-state index contributed by atoms with van der Waals surface area (Å²) in [5.74, 6) is 0.752. The second-order valence-corrected chi connectivity index (χ2v) is 6.01. The highest BCUT2D eigenvalue weighted by Gasteiger charge is 2.21. The van der Waals surface area contributed by atoms with Crippen molar-refractivity contribution in [3.63, 3.8) is 0 Å². The first-order chi connectivity index (χ1) is 11.6. The van der Waals surface area contributed by atoms with Crippen molar-refractivity contribution in [2.24, 2.45) is 0 Å². The van der Waals surface area contributed by atoms with Crippen LogP contribution in [-0.2, 0) is 11.3 Å². The van der Waals surface area contributed by atoms with Gasteiger partial charge >= 0.3 is 0 Å². The number of aromatic nitrogens is 3. The van der Waals surface area contributed by atoms with Gasteiger partial charge in [-0.25, -0.2) is 4.98 Å². The number of fused-ring (bicyclic) bond motifs is 1. The summed E-state index contributed by atoms with van der Waals surface area (Å²) in [6.45, 7) is 2.14. The third-order valence-electron chi connectivity index (χ3n) is 3.40. The van der Waals surface area contributed by atoms with Crippen LogP contribution in [0.1, 0.15) is 21.1 Å². The van der Waals surface area contributed by atoms with Crippen molar-refractivity contribution in [1.82, 2.24) is 15.0 Å². The van der Waals surface area contributed by atoms with Gasteiger partial charge in [0.15, 0.2) is 5.82 Å². The van der Waals surface area contributed by atoms with Gasteiger partial charge in [0.1, 0.15) is 11.4 Å². The van der Waals surface area contributed by atoms with Crippen LogP contribution in [0.2, 0.25) is 0 Å². The second kappa shape index (κ2) is 6.90. The highest BCUT2D eigenvalue weighted by molar-refractivity contribution is 7.20. The maximum absolute atomic E-state index is 12.6. The molecule has 8 heteroatoms. The second-order valence-electron chi connectivity index (χ2n) is 5.01. The summed E-state index contributed by atoms with van der Waals surface area (Å²) < 4.78 is 10.4. The first kappa shape index (κ1) is 16.3. The quantitative estimate of drug-likeness (QED) is 0.766. The van der Waals surface area contributed by atoms with Crippen molar-refractivity contribution in [2.45, 2.75) is 13.5 Å². The molecule has 0 saturated heterocycles. The molecule has 0 aliphatic heterocycles. The maximum atomic E-state index is 12.6. The van der Waals surface area contributed by atoms with Crippen LogP contribution in [0.15, 0.2) is 24.5 Å². The van der Waals surface area contributed by atoms with Crippen molar-refractivity contribution in [1.29, 1.82) is 0 Å². The van der Waals surface area contributed by atoms with E-state index in [9.17, 15) is 4.79 Å². The standard InChI is InChI=1S/C16H16N4O3S/c1-9-12-15(23-3)19-11(8-22-2)20-16(12)24-13(9)14(21)18-10-5-4-6-17-7-10/h4-7H,8H2,1-3H3,(H,18,21). The van der Waals surface area contributed by atoms with Crippen LogP contribution in [0.25, 0.3) is 10.2 Å². The van der Waals surface area contributed by atoms with E-state index in [0.717, 1.165) is 10.9 Å². The summed E-state index contributed by atoms with van der Waals surface area (Å²) in [6, 6.07) is 3.55. The lowest BCUT2D eigenvalue weighted by Gasteiger charge is -2.05. The number of hydrogen-bond donors (Lipinski definition) is 1. The Bertz CT molecular complexity index is 880. The summed E-state index contributed by atoms with van der Waals surface area (Å²) in [7, 11) is 3.12. The van der Waals surface area contributed by atoms with Gasteiger partial charge in [-0.3, -0.25) is 9.78 Å². The maximum Gasteiger partial charge on any atom is 0.266 e. The Morgan fingerprint density at radius 1 is 1.33 bits per heavy atom. The summed E-state index contributed by atoms with van der Waals surface area (Å²) in [6.07, 6.45) is 3.25. The topological polar surface area (TPSA) is 86.2 Å². The number of methoxy groups -OCH3 is 2. The van der Waals surface area contributed by atoms with Crippen molar-refractivity contribution in [3.05, 3.63) is 40.8 Å². The fraction of sp³-hybridized carbons (Fsp3) is 0.250. The molecule has 0 spiro atoms. The highest BCUT2D eigenvalue weighted by Crippen LogP contribution is 2.35. The van der Waals surface area contributed by atoms with Crippen molar-refractivity contribution in [2.75, 3.05) is 19.5 Å². The largest absolute Gasteiger partial charge is 0.480 e. The molecule has 0 aromatic carbocycles. The molecule has 124 valence electrons. The molecule has 3 heterocycles. The molecule has 0 atom stereocenters. The molecular formula is C16H16N4O3S. The molecule has 0 aliphatic rings. The lowest BCUT2D eigenvalue weighted by molar-refractivity contribution is 0.103. The molecule has 3 aromatic heterocycles. The number of nitrogens with one attached hydrogen (secondary N) is 1. The minimum Gasteiger partial charge on any atom is -0.480 e. The van der Waals surface area contributed by atoms with Crippen LogP contribution in [-0.4, -0.2) is 35.1 Å². The van der Waals surface area contributed by atoms with E-state index in [1.807, 2.05) is 6.92 Å². The van der Waals surface area contributed by atoms with E-state index in [-0.39, 0.29) is 12.5 Å². The van der Waals surface area contributed by atoms with Crippen molar-refractivity contribution in [3.8, 4) is 5.88 Å². The molecule has 0 aliphatic carbocycles. The van der Waals surface area contributed by atoms with E-state index in [1.165, 1.54) is 11.3 Å². The van der Waals surface area contributed by atoms with Gasteiger partial charge in [-0.05, 0) is 24.6 Å². The normalized spacial score (nSPS) is 10.8. The van der Waals surface area contributed by atoms with E-state index in [4.69, 9.17) is 9.47 Å². The molecular weight excluding hydrogens is 328 g/mol. The van der Waals surface area contributed by atoms with Gasteiger partial charge < -0.3 is 14.8 Å². The summed E-state index contributed by atoms with van der Waals surface area (Å²) in [5, 5.41) is 3.58. The average molecular weight is 344 g/mol. The first-order valence-corrected chi connectivity index (χ1v) is 8.00. The summed E-state index contributed by atoms with van der Waals surface area (Å²) in [4.78, 5) is 26.6. The number of aryl methyl sites for hydroxylation is 1. The minimum absolute atomic E-state index is 0.209. The predicted octanol–water partition coefficient (Wildman–Crippen LogP) is 2.80. The molecule has 0 radical (unpaired) electrons. The number of carbonyl (C=O) groups excluding carboxylic acids is 1. The molecule has 3 aromatic rings. The Labute approximate surface area is 142 Å². The molecule has 1 N–H and O–H groups in total. The Morgan fingerprint density at radius 2 is 2.17 bits per heavy atom. The third kappa shape index (κ3) is 3.06. The van der Waals surface area contributed by atoms with Gasteiger partial charge in [-0.1, -0.05) is 0 Å². The number of thiophene rings is 1. The molecule has 0 saturated carbocycles. The van der Waals surface area contributed by atoms with Crippen molar-refractivity contribution >= 4 is 33.1 Å². The molecule has 0 unspecified atom stereocenters. The Morgan fingerprint density at radius 3 is 2.83 bits per heavy atom. The SMILES string of the molecule is COCc1nc(OC)c2c(C)c(C(=O)Nc3cccnc3)sc2n1. The van der Waals surface area contributed by atoms with Gasteiger partial charge in [-0.15, -0.1) is 11.3 Å². The zero-order chi connectivity index (χ0) is 17.1. The Hall–Kier alpha value is -2.58. The van der Waals surface area contributed by atoms with Gasteiger partial charge in [0.05, 0.1) is 29.3 Å². The third-order valence-corrected chi connectivity index (χ3v) is 4.58. The van der Waals surface area contributed by atoms with Crippen molar-refractivity contribution < 1.29 is 14.3 Å². The molecule has 0 bridgehead atoms. The monoisotopic (exact) mass is 344 g/mol. The van der Waals surface area contributed by atoms with E-state index in [1.54, 1.807) is 38.7 Å². The zero-order valence-corrected chi connectivity index (χ0v) is 14.3. The average Bonchev–Trinajstić information content (AvgIpc) is 2.92. The lowest BCUT2D eigenvalue weighted by Crippen LogP contribution is -2.11. The van der Waals surface area contributed by atoms with Gasteiger partial charge in [0, 0.05) is 13.3 Å². The number of nitrogens with zero attached hydrogens (tertiary/aromatic N) is 3. The number of hydrogen-bond acceptors (Lipinski definition) is 7. The molecule has 0 fully saturated rings. The number of pyridine rings is 1. The van der Waals surface area contributed by atoms with E-state index in [0.29, 0.717) is 27.1 Å². The van der Waals surface area contributed by atoms with Crippen LogP contribution in [0.3, 0.4) is 0 Å². The van der Waals surface area contributed by atoms with E-state index in [2.05, 4.69) is 20.3 Å². The highest BCUT2D eigenvalue weighted by atomic mass is 32.1. The summed E-state index contributed by atoms with van der Waals surface area (Å²) >= 11 is 1.30. The lowest BCUT2D eigenvalue weighted by atomic mass is 10.2.